The molecule has 1 N–H and O–H groups in total. The highest BCUT2D eigenvalue weighted by molar-refractivity contribution is 14.1. The second-order valence-electron chi connectivity index (χ2n) is 2.61. The molecule has 6 heteroatoms. The van der Waals surface area contributed by atoms with Crippen LogP contribution in [0.1, 0.15) is 0 Å². The smallest absolute Gasteiger partial charge is 0.262 e. The van der Waals surface area contributed by atoms with E-state index >= 15 is 0 Å². The molecule has 3 nitrogen and oxygen atoms in total. The summed E-state index contributed by atoms with van der Waals surface area (Å²) in [6, 6.07) is 1.85. The van der Waals surface area contributed by atoms with Gasteiger partial charge in [-0.2, -0.15) is 0 Å². The van der Waals surface area contributed by atoms with Crippen LogP contribution in [0.25, 0.3) is 10.9 Å². The summed E-state index contributed by atoms with van der Waals surface area (Å²) < 4.78 is 26.5. The molecule has 0 spiro atoms. The van der Waals surface area contributed by atoms with Gasteiger partial charge in [-0.15, -0.1) is 0 Å². The Morgan fingerprint density at radius 2 is 1.93 bits per heavy atom. The van der Waals surface area contributed by atoms with E-state index in [0.29, 0.717) is 0 Å². The minimum absolute atomic E-state index is 0.226. The van der Waals surface area contributed by atoms with Crippen LogP contribution in [0, 0.1) is 15.5 Å². The molecule has 2 aromatic rings. The Balaban J connectivity index is 3.08. The number of aromatic amines is 1. The lowest BCUT2D eigenvalue weighted by Gasteiger charge is -1.99. The summed E-state index contributed by atoms with van der Waals surface area (Å²) in [6.07, 6.45) is 0. The molecule has 14 heavy (non-hydrogen) atoms. The first kappa shape index (κ1) is 9.50. The monoisotopic (exact) mass is 308 g/mol. The molecule has 72 valence electrons. The van der Waals surface area contributed by atoms with Crippen molar-refractivity contribution in [2.24, 2.45) is 0 Å². The average molecular weight is 308 g/mol. The Morgan fingerprint density at radius 1 is 1.29 bits per heavy atom. The van der Waals surface area contributed by atoms with E-state index in [-0.39, 0.29) is 14.7 Å². The standard InChI is InChI=1S/C8H3F2IN2O/c9-3-1-2-4(10)6-5(3)7(14)13-8(11)12-6/h1-2H,(H,12,13,14). The number of benzene rings is 1. The molecule has 0 saturated heterocycles. The van der Waals surface area contributed by atoms with Gasteiger partial charge in [0.15, 0.2) is 3.83 Å². The van der Waals surface area contributed by atoms with E-state index in [1.807, 2.05) is 0 Å². The summed E-state index contributed by atoms with van der Waals surface area (Å²) in [4.78, 5) is 17.3. The minimum atomic E-state index is -0.772. The van der Waals surface area contributed by atoms with Crippen LogP contribution in [0.2, 0.25) is 0 Å². The van der Waals surface area contributed by atoms with E-state index in [2.05, 4.69) is 9.97 Å². The Kier molecular flexibility index (Phi) is 2.22. The highest BCUT2D eigenvalue weighted by atomic mass is 127. The van der Waals surface area contributed by atoms with E-state index in [9.17, 15) is 13.6 Å². The van der Waals surface area contributed by atoms with Gasteiger partial charge in [0.1, 0.15) is 22.5 Å². The van der Waals surface area contributed by atoms with Crippen LogP contribution in [-0.2, 0) is 0 Å². The van der Waals surface area contributed by atoms with Gasteiger partial charge < -0.3 is 4.98 Å². The fourth-order valence-electron chi connectivity index (χ4n) is 1.15. The Bertz CT molecular complexity index is 567. The lowest BCUT2D eigenvalue weighted by Crippen LogP contribution is -2.12. The molecular weight excluding hydrogens is 305 g/mol. The molecule has 1 aromatic heterocycles. The van der Waals surface area contributed by atoms with Crippen molar-refractivity contribution >= 4 is 33.5 Å². The normalized spacial score (nSPS) is 10.8. The quantitative estimate of drug-likeness (QED) is 0.596. The number of halogens is 3. The van der Waals surface area contributed by atoms with E-state index in [0.717, 1.165) is 12.1 Å². The van der Waals surface area contributed by atoms with Crippen molar-refractivity contribution < 1.29 is 8.78 Å². The third kappa shape index (κ3) is 1.39. The molecule has 0 aliphatic carbocycles. The predicted octanol–water partition coefficient (Wildman–Crippen LogP) is 1.81. The number of nitrogens with one attached hydrogen (secondary N) is 1. The van der Waals surface area contributed by atoms with Gasteiger partial charge in [-0.3, -0.25) is 4.79 Å². The van der Waals surface area contributed by atoms with Crippen molar-refractivity contribution in [2.75, 3.05) is 0 Å². The van der Waals surface area contributed by atoms with Gasteiger partial charge in [0.25, 0.3) is 5.56 Å². The molecule has 0 bridgehead atoms. The third-order valence-electron chi connectivity index (χ3n) is 1.73. The number of aromatic nitrogens is 2. The first-order valence-corrected chi connectivity index (χ1v) is 4.71. The lowest BCUT2D eigenvalue weighted by atomic mass is 10.2. The number of fused-ring (bicyclic) bond motifs is 1. The zero-order valence-electron chi connectivity index (χ0n) is 6.64. The highest BCUT2D eigenvalue weighted by Gasteiger charge is 2.11. The van der Waals surface area contributed by atoms with Crippen LogP contribution in [-0.4, -0.2) is 9.97 Å². The average Bonchev–Trinajstić information content (AvgIpc) is 2.10. The fourth-order valence-corrected chi connectivity index (χ4v) is 1.63. The number of nitrogens with zero attached hydrogens (tertiary/aromatic N) is 1. The molecular formula is C8H3F2IN2O. The van der Waals surface area contributed by atoms with Crippen LogP contribution in [0.5, 0.6) is 0 Å². The van der Waals surface area contributed by atoms with Crippen LogP contribution in [0.15, 0.2) is 16.9 Å². The minimum Gasteiger partial charge on any atom is -0.301 e. The van der Waals surface area contributed by atoms with Gasteiger partial charge in [0.05, 0.1) is 0 Å². The first-order chi connectivity index (χ1) is 6.59. The number of hydrogen-bond acceptors (Lipinski definition) is 2. The van der Waals surface area contributed by atoms with Gasteiger partial charge >= 0.3 is 0 Å². The van der Waals surface area contributed by atoms with E-state index in [1.54, 1.807) is 22.6 Å². The molecule has 0 fully saturated rings. The van der Waals surface area contributed by atoms with Crippen molar-refractivity contribution in [1.82, 2.24) is 9.97 Å². The molecule has 0 radical (unpaired) electrons. The van der Waals surface area contributed by atoms with Gasteiger partial charge in [0, 0.05) is 0 Å². The fraction of sp³-hybridized carbons (Fsp3) is 0. The second kappa shape index (κ2) is 3.26. The van der Waals surface area contributed by atoms with Crippen LogP contribution < -0.4 is 5.56 Å². The van der Waals surface area contributed by atoms with Gasteiger partial charge in [-0.1, -0.05) is 0 Å². The zero-order valence-corrected chi connectivity index (χ0v) is 8.80. The molecule has 2 rings (SSSR count). The van der Waals surface area contributed by atoms with Crippen molar-refractivity contribution in [2.45, 2.75) is 0 Å². The molecule has 0 amide bonds. The maximum absolute atomic E-state index is 13.1. The Morgan fingerprint density at radius 3 is 2.64 bits per heavy atom. The maximum Gasteiger partial charge on any atom is 0.262 e. The summed E-state index contributed by atoms with van der Waals surface area (Å²) in [7, 11) is 0. The lowest BCUT2D eigenvalue weighted by molar-refractivity contribution is 0.613. The summed E-state index contributed by atoms with van der Waals surface area (Å²) in [6.45, 7) is 0. The number of hydrogen-bond donors (Lipinski definition) is 1. The highest BCUT2D eigenvalue weighted by Crippen LogP contribution is 2.15. The molecule has 0 unspecified atom stereocenters. The van der Waals surface area contributed by atoms with E-state index < -0.39 is 17.2 Å². The maximum atomic E-state index is 13.1. The largest absolute Gasteiger partial charge is 0.301 e. The SMILES string of the molecule is O=c1[nH]c(I)nc2c(F)ccc(F)c12. The van der Waals surface area contributed by atoms with Crippen LogP contribution in [0.3, 0.4) is 0 Å². The van der Waals surface area contributed by atoms with Gasteiger partial charge in [-0.25, -0.2) is 13.8 Å². The zero-order chi connectivity index (χ0) is 10.3. The second-order valence-corrected chi connectivity index (χ2v) is 3.63. The van der Waals surface area contributed by atoms with Crippen LogP contribution in [0.4, 0.5) is 8.78 Å². The van der Waals surface area contributed by atoms with Crippen molar-refractivity contribution in [1.29, 1.82) is 0 Å². The topological polar surface area (TPSA) is 45.8 Å². The van der Waals surface area contributed by atoms with Crippen LogP contribution >= 0.6 is 22.6 Å². The molecule has 0 atom stereocenters. The Hall–Kier alpha value is -1.05. The first-order valence-electron chi connectivity index (χ1n) is 3.63. The number of rotatable bonds is 0. The molecule has 0 aliphatic rings. The molecule has 1 aromatic carbocycles. The summed E-state index contributed by atoms with van der Waals surface area (Å²) >= 11 is 1.73. The molecule has 0 saturated carbocycles. The summed E-state index contributed by atoms with van der Waals surface area (Å²) in [5, 5.41) is -0.342. The molecule has 1 heterocycles. The van der Waals surface area contributed by atoms with Crippen molar-refractivity contribution in [3.8, 4) is 0 Å². The summed E-state index contributed by atoms with van der Waals surface area (Å²) in [5.74, 6) is -1.48. The predicted molar refractivity (Wildman–Crippen MR) is 55.0 cm³/mol. The van der Waals surface area contributed by atoms with E-state index in [4.69, 9.17) is 0 Å². The van der Waals surface area contributed by atoms with Gasteiger partial charge in [0.2, 0.25) is 0 Å². The van der Waals surface area contributed by atoms with Crippen molar-refractivity contribution in [3.05, 3.63) is 38.0 Å². The van der Waals surface area contributed by atoms with Crippen molar-refractivity contribution in [3.63, 3.8) is 0 Å². The number of H-pyrrole nitrogens is 1. The third-order valence-corrected chi connectivity index (χ3v) is 2.24. The van der Waals surface area contributed by atoms with Gasteiger partial charge in [-0.05, 0) is 34.7 Å². The van der Waals surface area contributed by atoms with E-state index in [1.165, 1.54) is 0 Å². The Labute approximate surface area is 90.3 Å². The molecule has 0 aliphatic heterocycles. The summed E-state index contributed by atoms with van der Waals surface area (Å²) in [5.41, 5.74) is -0.908.